The molecular weight excluding hydrogens is 528 g/mol. The van der Waals surface area contributed by atoms with Gasteiger partial charge in [-0.05, 0) is 24.3 Å². The predicted octanol–water partition coefficient (Wildman–Crippen LogP) is 5.86. The van der Waals surface area contributed by atoms with Crippen LogP contribution in [0.4, 0.5) is 16.3 Å². The number of nitrogens with one attached hydrogen (secondary N) is 2. The van der Waals surface area contributed by atoms with Gasteiger partial charge in [-0.3, -0.25) is 14.6 Å². The highest BCUT2D eigenvalue weighted by Crippen LogP contribution is 2.35. The van der Waals surface area contributed by atoms with E-state index in [4.69, 9.17) is 19.0 Å². The zero-order valence-electron chi connectivity index (χ0n) is 22.8. The quantitative estimate of drug-likeness (QED) is 0.257. The first-order valence-electron chi connectivity index (χ1n) is 13.3. The van der Waals surface area contributed by atoms with Gasteiger partial charge in [-0.15, -0.1) is 0 Å². The minimum atomic E-state index is -0.390. The summed E-state index contributed by atoms with van der Waals surface area (Å²) in [5.74, 6) is 1.96. The highest BCUT2D eigenvalue weighted by Gasteiger charge is 2.20. The molecule has 6 rings (SSSR count). The first-order chi connectivity index (χ1) is 19.3. The number of ether oxygens (including phenoxy) is 2. The Morgan fingerprint density at radius 2 is 1.90 bits per heavy atom. The van der Waals surface area contributed by atoms with Crippen molar-refractivity contribution in [3.05, 3.63) is 60.5 Å². The second-order valence-electron chi connectivity index (χ2n) is 10.8. The van der Waals surface area contributed by atoms with Crippen LogP contribution in [0.2, 0.25) is 0 Å². The summed E-state index contributed by atoms with van der Waals surface area (Å²) in [6, 6.07) is 15.1. The van der Waals surface area contributed by atoms with Gasteiger partial charge in [0.25, 0.3) is 0 Å². The number of thiazole rings is 1. The molecule has 0 saturated carbocycles. The number of rotatable bonds is 7. The Morgan fingerprint density at radius 3 is 2.65 bits per heavy atom. The molecule has 0 radical (unpaired) electrons. The second kappa shape index (κ2) is 10.9. The second-order valence-corrected chi connectivity index (χ2v) is 11.7. The lowest BCUT2D eigenvalue weighted by Crippen LogP contribution is -2.38. The molecule has 1 saturated heterocycles. The van der Waals surface area contributed by atoms with Crippen LogP contribution in [0.3, 0.4) is 0 Å². The Kier molecular flexibility index (Phi) is 7.18. The lowest BCUT2D eigenvalue weighted by Gasteiger charge is -2.26. The first-order valence-corrected chi connectivity index (χ1v) is 14.1. The summed E-state index contributed by atoms with van der Waals surface area (Å²) in [4.78, 5) is 20.6. The smallest absolute Gasteiger partial charge is 0.324 e. The number of fused-ring (bicyclic) bond motifs is 3. The molecule has 2 N–H and O–H groups in total. The third-order valence-electron chi connectivity index (χ3n) is 6.78. The highest BCUT2D eigenvalue weighted by molar-refractivity contribution is 7.24. The summed E-state index contributed by atoms with van der Waals surface area (Å²) in [7, 11) is 0. The van der Waals surface area contributed by atoms with Crippen molar-refractivity contribution in [1.82, 2.24) is 19.4 Å². The van der Waals surface area contributed by atoms with Crippen LogP contribution in [0.1, 0.15) is 26.5 Å². The average molecular weight is 561 g/mol. The van der Waals surface area contributed by atoms with Gasteiger partial charge in [0.2, 0.25) is 0 Å². The molecule has 4 heterocycles. The zero-order chi connectivity index (χ0) is 27.7. The molecule has 2 amide bonds. The van der Waals surface area contributed by atoms with E-state index in [9.17, 15) is 4.79 Å². The zero-order valence-corrected chi connectivity index (χ0v) is 23.6. The van der Waals surface area contributed by atoms with Crippen LogP contribution in [0.15, 0.2) is 59.3 Å². The molecular formula is C29H32N6O4S. The molecule has 1 aliphatic heterocycles. The fraction of sp³-hybridized carbons (Fsp3) is 0.345. The number of morpholine rings is 1. The highest BCUT2D eigenvalue weighted by atomic mass is 32.1. The number of imidazole rings is 1. The Morgan fingerprint density at radius 1 is 1.10 bits per heavy atom. The summed E-state index contributed by atoms with van der Waals surface area (Å²) in [5.41, 5.74) is 3.36. The molecule has 208 valence electrons. The fourth-order valence-electron chi connectivity index (χ4n) is 4.55. The van der Waals surface area contributed by atoms with Crippen molar-refractivity contribution in [3.8, 4) is 17.0 Å². The number of hydrogen-bond acceptors (Lipinski definition) is 8. The predicted molar refractivity (Wildman–Crippen MR) is 157 cm³/mol. The third-order valence-corrected chi connectivity index (χ3v) is 7.87. The van der Waals surface area contributed by atoms with E-state index >= 15 is 0 Å². The number of carbonyl (C=O) groups is 1. The number of aromatic nitrogens is 3. The SMILES string of the molecule is CC(C)(C)c1cc(NC(=O)Nc2ccc(-c3cn4c(n3)sc3c(OCCN5CCOCC5)cccc34)cc2)no1. The van der Waals surface area contributed by atoms with E-state index in [1.807, 2.05) is 63.4 Å². The number of hydrogen-bond donors (Lipinski definition) is 2. The first kappa shape index (κ1) is 26.3. The average Bonchev–Trinajstić information content (AvgIpc) is 3.65. The van der Waals surface area contributed by atoms with E-state index in [-0.39, 0.29) is 5.41 Å². The Balaban J connectivity index is 1.11. The van der Waals surface area contributed by atoms with Crippen LogP contribution in [0.5, 0.6) is 5.75 Å². The minimum Gasteiger partial charge on any atom is -0.491 e. The van der Waals surface area contributed by atoms with Gasteiger partial charge in [-0.25, -0.2) is 9.78 Å². The van der Waals surface area contributed by atoms with Crippen LogP contribution < -0.4 is 15.4 Å². The summed E-state index contributed by atoms with van der Waals surface area (Å²) in [6.07, 6.45) is 2.04. The Bertz CT molecular complexity index is 1630. The van der Waals surface area contributed by atoms with Gasteiger partial charge in [0, 0.05) is 48.6 Å². The Hall–Kier alpha value is -3.93. The molecule has 0 unspecified atom stereocenters. The van der Waals surface area contributed by atoms with Crippen molar-refractivity contribution in [2.24, 2.45) is 0 Å². The van der Waals surface area contributed by atoms with Crippen molar-refractivity contribution in [2.45, 2.75) is 26.2 Å². The van der Waals surface area contributed by atoms with E-state index in [0.29, 0.717) is 23.9 Å². The maximum Gasteiger partial charge on any atom is 0.324 e. The number of anilines is 2. The van der Waals surface area contributed by atoms with Crippen LogP contribution in [-0.2, 0) is 10.2 Å². The molecule has 11 heteroatoms. The molecule has 5 aromatic rings. The molecule has 40 heavy (non-hydrogen) atoms. The van der Waals surface area contributed by atoms with Crippen molar-refractivity contribution in [1.29, 1.82) is 0 Å². The summed E-state index contributed by atoms with van der Waals surface area (Å²) in [6.45, 7) is 11.1. The molecule has 0 atom stereocenters. The van der Waals surface area contributed by atoms with Gasteiger partial charge >= 0.3 is 6.03 Å². The van der Waals surface area contributed by atoms with Crippen molar-refractivity contribution < 1.29 is 18.8 Å². The van der Waals surface area contributed by atoms with Gasteiger partial charge < -0.3 is 19.3 Å². The van der Waals surface area contributed by atoms with Crippen LogP contribution >= 0.6 is 11.3 Å². The molecule has 1 aliphatic rings. The van der Waals surface area contributed by atoms with Crippen LogP contribution in [-0.4, -0.2) is 64.9 Å². The maximum atomic E-state index is 12.4. The molecule has 0 bridgehead atoms. The minimum absolute atomic E-state index is 0.188. The van der Waals surface area contributed by atoms with E-state index in [1.165, 1.54) is 0 Å². The number of nitrogens with zero attached hydrogens (tertiary/aromatic N) is 4. The molecule has 10 nitrogen and oxygen atoms in total. The largest absolute Gasteiger partial charge is 0.491 e. The number of urea groups is 1. The van der Waals surface area contributed by atoms with Crippen molar-refractivity contribution in [2.75, 3.05) is 50.1 Å². The standard InChI is InChI=1S/C29H32N6O4S/c1-29(2,3)24-17-25(33-39-24)32-27(36)30-20-9-7-19(8-10-20)21-18-35-22-5-4-6-23(26(22)40-28(35)31-21)38-16-13-34-11-14-37-15-12-34/h4-10,17-18H,11-16H2,1-3H3,(H2,30,32,33,36). The van der Waals surface area contributed by atoms with Gasteiger partial charge in [-0.2, -0.15) is 0 Å². The summed E-state index contributed by atoms with van der Waals surface area (Å²) >= 11 is 1.62. The van der Waals surface area contributed by atoms with Gasteiger partial charge in [-0.1, -0.05) is 55.5 Å². The maximum absolute atomic E-state index is 12.4. The molecule has 1 fully saturated rings. The van der Waals surface area contributed by atoms with Gasteiger partial charge in [0.15, 0.2) is 10.8 Å². The molecule has 0 spiro atoms. The number of amides is 2. The molecule has 3 aromatic heterocycles. The fourth-order valence-corrected chi connectivity index (χ4v) is 5.62. The monoisotopic (exact) mass is 560 g/mol. The topological polar surface area (TPSA) is 106 Å². The van der Waals surface area contributed by atoms with Gasteiger partial charge in [0.05, 0.1) is 29.1 Å². The van der Waals surface area contributed by atoms with E-state index < -0.39 is 6.03 Å². The lowest BCUT2D eigenvalue weighted by molar-refractivity contribution is 0.0323. The summed E-state index contributed by atoms with van der Waals surface area (Å²) < 4.78 is 20.1. The van der Waals surface area contributed by atoms with Crippen LogP contribution in [0.25, 0.3) is 26.4 Å². The van der Waals surface area contributed by atoms with Crippen molar-refractivity contribution >= 4 is 44.1 Å². The van der Waals surface area contributed by atoms with E-state index in [2.05, 4.69) is 31.2 Å². The van der Waals surface area contributed by atoms with E-state index in [0.717, 1.165) is 65.0 Å². The van der Waals surface area contributed by atoms with E-state index in [1.54, 1.807) is 17.4 Å². The van der Waals surface area contributed by atoms with Crippen LogP contribution in [0, 0.1) is 0 Å². The lowest BCUT2D eigenvalue weighted by atomic mass is 9.93. The molecule has 0 aliphatic carbocycles. The Labute approximate surface area is 235 Å². The summed E-state index contributed by atoms with van der Waals surface area (Å²) in [5, 5.41) is 9.46. The normalized spacial score (nSPS) is 14.6. The van der Waals surface area contributed by atoms with Gasteiger partial charge in [0.1, 0.15) is 18.1 Å². The molecule has 2 aromatic carbocycles. The number of benzene rings is 2. The number of carbonyl (C=O) groups excluding carboxylic acids is 1. The van der Waals surface area contributed by atoms with Crippen molar-refractivity contribution in [3.63, 3.8) is 0 Å². The third kappa shape index (κ3) is 5.67.